The van der Waals surface area contributed by atoms with E-state index in [4.69, 9.17) is 4.74 Å². The number of nitrogens with zero attached hydrogens (tertiary/aromatic N) is 2. The summed E-state index contributed by atoms with van der Waals surface area (Å²) in [6.45, 7) is 10.8. The van der Waals surface area contributed by atoms with Gasteiger partial charge in [-0.15, -0.1) is 0 Å². The molecule has 5 nitrogen and oxygen atoms in total. The Morgan fingerprint density at radius 1 is 1.30 bits per heavy atom. The predicted molar refractivity (Wildman–Crippen MR) is 90.6 cm³/mol. The fourth-order valence-corrected chi connectivity index (χ4v) is 2.93. The average molecular weight is 320 g/mol. The van der Waals surface area contributed by atoms with E-state index in [-0.39, 0.29) is 18.1 Å². The highest BCUT2D eigenvalue weighted by Gasteiger charge is 2.35. The summed E-state index contributed by atoms with van der Waals surface area (Å²) in [6, 6.07) is 7.81. The van der Waals surface area contributed by atoms with E-state index in [2.05, 4.69) is 18.7 Å². The molecule has 1 aromatic rings. The molecule has 128 valence electrons. The number of benzene rings is 1. The molecule has 0 aliphatic carbocycles. The fourth-order valence-electron chi connectivity index (χ4n) is 2.93. The zero-order chi connectivity index (χ0) is 17.0. The van der Waals surface area contributed by atoms with Crippen molar-refractivity contribution in [3.05, 3.63) is 29.8 Å². The molecule has 1 N–H and O–H groups in total. The van der Waals surface area contributed by atoms with Crippen molar-refractivity contribution in [2.24, 2.45) is 0 Å². The lowest BCUT2D eigenvalue weighted by Crippen LogP contribution is -2.61. The lowest BCUT2D eigenvalue weighted by molar-refractivity contribution is -0.134. The zero-order valence-electron chi connectivity index (χ0n) is 14.6. The van der Waals surface area contributed by atoms with Gasteiger partial charge in [-0.05, 0) is 32.9 Å². The fraction of sp³-hybridized carbons (Fsp3) is 0.611. The number of aliphatic hydroxyl groups is 1. The minimum atomic E-state index is -0.556. The number of aryl methyl sites for hydroxylation is 1. The summed E-state index contributed by atoms with van der Waals surface area (Å²) >= 11 is 0. The molecule has 1 unspecified atom stereocenters. The van der Waals surface area contributed by atoms with Gasteiger partial charge < -0.3 is 14.7 Å². The monoisotopic (exact) mass is 320 g/mol. The first-order valence-corrected chi connectivity index (χ1v) is 8.16. The molecular weight excluding hydrogens is 292 g/mol. The van der Waals surface area contributed by atoms with Gasteiger partial charge in [0.15, 0.2) is 0 Å². The highest BCUT2D eigenvalue weighted by atomic mass is 16.5. The third-order valence-corrected chi connectivity index (χ3v) is 4.41. The van der Waals surface area contributed by atoms with E-state index in [1.54, 1.807) is 6.92 Å². The van der Waals surface area contributed by atoms with Crippen molar-refractivity contribution in [1.29, 1.82) is 0 Å². The molecule has 1 saturated heterocycles. The number of β-amino-alcohol motifs (C(OH)–C–C–N with tert-alkyl or cyclic N) is 1. The molecule has 2 rings (SSSR count). The number of piperazine rings is 1. The molecule has 0 bridgehead atoms. The van der Waals surface area contributed by atoms with Crippen LogP contribution in [0.4, 0.5) is 0 Å². The predicted octanol–water partition coefficient (Wildman–Crippen LogP) is 1.68. The van der Waals surface area contributed by atoms with Crippen molar-refractivity contribution >= 4 is 5.91 Å². The molecule has 1 aromatic carbocycles. The average Bonchev–Trinajstić information content (AvgIpc) is 2.48. The Labute approximate surface area is 138 Å². The van der Waals surface area contributed by atoms with Crippen LogP contribution in [0.5, 0.6) is 5.75 Å². The molecule has 1 amide bonds. The number of carbonyl (C=O) groups is 1. The van der Waals surface area contributed by atoms with Crippen LogP contribution in [0, 0.1) is 6.92 Å². The maximum Gasteiger partial charge on any atom is 0.219 e. The van der Waals surface area contributed by atoms with Crippen molar-refractivity contribution in [3.63, 3.8) is 0 Å². The number of hydrogen-bond donors (Lipinski definition) is 1. The normalized spacial score (nSPS) is 19.4. The van der Waals surface area contributed by atoms with Crippen LogP contribution in [0.3, 0.4) is 0 Å². The lowest BCUT2D eigenvalue weighted by atomic mass is 9.98. The largest absolute Gasteiger partial charge is 0.491 e. The molecule has 23 heavy (non-hydrogen) atoms. The van der Waals surface area contributed by atoms with Gasteiger partial charge in [-0.1, -0.05) is 17.7 Å². The van der Waals surface area contributed by atoms with Gasteiger partial charge in [-0.2, -0.15) is 0 Å². The van der Waals surface area contributed by atoms with Gasteiger partial charge in [-0.3, -0.25) is 9.69 Å². The van der Waals surface area contributed by atoms with Gasteiger partial charge in [0.1, 0.15) is 18.5 Å². The Balaban J connectivity index is 1.83. The molecule has 1 heterocycles. The SMILES string of the molecule is CC(=O)N1CCN(CC(O)COc2ccc(C)cc2)C(C)(C)C1. The van der Waals surface area contributed by atoms with Gasteiger partial charge in [0.05, 0.1) is 0 Å². The van der Waals surface area contributed by atoms with Crippen LogP contribution in [0.2, 0.25) is 0 Å². The van der Waals surface area contributed by atoms with Gasteiger partial charge in [-0.25, -0.2) is 0 Å². The number of carbonyl (C=O) groups excluding carboxylic acids is 1. The molecule has 1 fully saturated rings. The summed E-state index contributed by atoms with van der Waals surface area (Å²) in [5, 5.41) is 10.3. The van der Waals surface area contributed by atoms with Crippen LogP contribution < -0.4 is 4.74 Å². The molecule has 1 atom stereocenters. The van der Waals surface area contributed by atoms with Crippen LogP contribution in [-0.2, 0) is 4.79 Å². The van der Waals surface area contributed by atoms with E-state index in [0.717, 1.165) is 12.3 Å². The summed E-state index contributed by atoms with van der Waals surface area (Å²) in [7, 11) is 0. The standard InChI is InChI=1S/C18H28N2O3/c1-14-5-7-17(8-6-14)23-12-16(22)11-20-10-9-19(15(2)21)13-18(20,3)4/h5-8,16,22H,9-13H2,1-4H3. The van der Waals surface area contributed by atoms with Crippen LogP contribution in [0.25, 0.3) is 0 Å². The van der Waals surface area contributed by atoms with E-state index < -0.39 is 6.10 Å². The lowest BCUT2D eigenvalue weighted by Gasteiger charge is -2.47. The first-order valence-electron chi connectivity index (χ1n) is 8.16. The highest BCUT2D eigenvalue weighted by molar-refractivity contribution is 5.73. The second-order valence-corrected chi connectivity index (χ2v) is 6.98. The van der Waals surface area contributed by atoms with Gasteiger partial charge in [0, 0.05) is 38.6 Å². The number of ether oxygens (including phenoxy) is 1. The van der Waals surface area contributed by atoms with Crippen molar-refractivity contribution in [1.82, 2.24) is 9.80 Å². The van der Waals surface area contributed by atoms with Crippen LogP contribution >= 0.6 is 0 Å². The smallest absolute Gasteiger partial charge is 0.219 e. The van der Waals surface area contributed by atoms with Crippen molar-refractivity contribution in [2.45, 2.75) is 39.3 Å². The van der Waals surface area contributed by atoms with E-state index in [1.807, 2.05) is 36.1 Å². The number of hydrogen-bond acceptors (Lipinski definition) is 4. The van der Waals surface area contributed by atoms with Gasteiger partial charge in [0.25, 0.3) is 0 Å². The second kappa shape index (κ2) is 7.32. The summed E-state index contributed by atoms with van der Waals surface area (Å²) in [4.78, 5) is 15.6. The second-order valence-electron chi connectivity index (χ2n) is 6.98. The first-order chi connectivity index (χ1) is 10.8. The summed E-state index contributed by atoms with van der Waals surface area (Å²) in [5.41, 5.74) is 1.04. The zero-order valence-corrected chi connectivity index (χ0v) is 14.6. The van der Waals surface area contributed by atoms with E-state index >= 15 is 0 Å². The van der Waals surface area contributed by atoms with Crippen molar-refractivity contribution < 1.29 is 14.6 Å². The number of aliphatic hydroxyl groups excluding tert-OH is 1. The first kappa shape index (κ1) is 17.8. The molecule has 5 heteroatoms. The Morgan fingerprint density at radius 3 is 2.52 bits per heavy atom. The van der Waals surface area contributed by atoms with E-state index in [1.165, 1.54) is 5.56 Å². The van der Waals surface area contributed by atoms with Crippen LogP contribution in [-0.4, -0.2) is 65.2 Å². The molecule has 0 saturated carbocycles. The minimum Gasteiger partial charge on any atom is -0.491 e. The topological polar surface area (TPSA) is 53.0 Å². The van der Waals surface area contributed by atoms with E-state index in [9.17, 15) is 9.90 Å². The van der Waals surface area contributed by atoms with Crippen LogP contribution in [0.1, 0.15) is 26.3 Å². The number of amides is 1. The summed E-state index contributed by atoms with van der Waals surface area (Å²) in [6.07, 6.45) is -0.556. The molecular formula is C18H28N2O3. The van der Waals surface area contributed by atoms with Gasteiger partial charge >= 0.3 is 0 Å². The Hall–Kier alpha value is -1.59. The summed E-state index contributed by atoms with van der Waals surface area (Å²) in [5.74, 6) is 0.885. The molecule has 1 aliphatic heterocycles. The Morgan fingerprint density at radius 2 is 1.96 bits per heavy atom. The Bertz CT molecular complexity index is 528. The Kier molecular flexibility index (Phi) is 5.65. The highest BCUT2D eigenvalue weighted by Crippen LogP contribution is 2.21. The molecule has 0 radical (unpaired) electrons. The quantitative estimate of drug-likeness (QED) is 0.897. The summed E-state index contributed by atoms with van der Waals surface area (Å²) < 4.78 is 5.65. The maximum absolute atomic E-state index is 11.5. The van der Waals surface area contributed by atoms with E-state index in [0.29, 0.717) is 19.6 Å². The third kappa shape index (κ3) is 4.94. The van der Waals surface area contributed by atoms with Gasteiger partial charge in [0.2, 0.25) is 5.91 Å². The minimum absolute atomic E-state index is 0.112. The number of rotatable bonds is 5. The third-order valence-electron chi connectivity index (χ3n) is 4.41. The molecule has 1 aliphatic rings. The van der Waals surface area contributed by atoms with Crippen molar-refractivity contribution in [3.8, 4) is 5.75 Å². The van der Waals surface area contributed by atoms with Crippen molar-refractivity contribution in [2.75, 3.05) is 32.8 Å². The molecule has 0 spiro atoms. The maximum atomic E-state index is 11.5. The van der Waals surface area contributed by atoms with Crippen LogP contribution in [0.15, 0.2) is 24.3 Å². The molecule has 0 aromatic heterocycles.